The molecule has 1 unspecified atom stereocenters. The standard InChI is InChI=1S/C9H15NO/c1-3-8(10-2)7-9-5-4-6-11-9/h4-6,8,10H,3,7H2,1-2H3. The van der Waals surface area contributed by atoms with Crippen molar-refractivity contribution in [2.45, 2.75) is 25.8 Å². The van der Waals surface area contributed by atoms with Crippen molar-refractivity contribution >= 4 is 0 Å². The van der Waals surface area contributed by atoms with E-state index in [1.807, 2.05) is 19.2 Å². The summed E-state index contributed by atoms with van der Waals surface area (Å²) in [4.78, 5) is 0. The average Bonchev–Trinajstić information content (AvgIpc) is 2.52. The molecule has 0 aromatic carbocycles. The second kappa shape index (κ2) is 4.19. The first-order valence-corrected chi connectivity index (χ1v) is 4.06. The summed E-state index contributed by atoms with van der Waals surface area (Å²) >= 11 is 0. The lowest BCUT2D eigenvalue weighted by Crippen LogP contribution is -2.26. The fraction of sp³-hybridized carbons (Fsp3) is 0.556. The van der Waals surface area contributed by atoms with Crippen molar-refractivity contribution in [1.82, 2.24) is 5.32 Å². The van der Waals surface area contributed by atoms with Crippen LogP contribution in [0.2, 0.25) is 0 Å². The van der Waals surface area contributed by atoms with Crippen LogP contribution >= 0.6 is 0 Å². The van der Waals surface area contributed by atoms with Crippen LogP contribution in [0.15, 0.2) is 22.8 Å². The molecule has 0 saturated carbocycles. The summed E-state index contributed by atoms with van der Waals surface area (Å²) in [6, 6.07) is 4.48. The van der Waals surface area contributed by atoms with E-state index in [9.17, 15) is 0 Å². The van der Waals surface area contributed by atoms with Gasteiger partial charge in [-0.15, -0.1) is 0 Å². The van der Waals surface area contributed by atoms with Gasteiger partial charge in [0.25, 0.3) is 0 Å². The fourth-order valence-electron chi connectivity index (χ4n) is 1.12. The minimum Gasteiger partial charge on any atom is -0.469 e. The zero-order chi connectivity index (χ0) is 8.10. The first-order valence-electron chi connectivity index (χ1n) is 4.06. The van der Waals surface area contributed by atoms with E-state index < -0.39 is 0 Å². The fourth-order valence-corrected chi connectivity index (χ4v) is 1.12. The van der Waals surface area contributed by atoms with Crippen molar-refractivity contribution in [1.29, 1.82) is 0 Å². The normalized spacial score (nSPS) is 13.3. The third-order valence-electron chi connectivity index (χ3n) is 1.93. The predicted molar refractivity (Wildman–Crippen MR) is 45.6 cm³/mol. The van der Waals surface area contributed by atoms with Crippen molar-refractivity contribution in [2.75, 3.05) is 7.05 Å². The quantitative estimate of drug-likeness (QED) is 0.713. The van der Waals surface area contributed by atoms with E-state index >= 15 is 0 Å². The van der Waals surface area contributed by atoms with Crippen LogP contribution < -0.4 is 5.32 Å². The number of nitrogens with one attached hydrogen (secondary N) is 1. The van der Waals surface area contributed by atoms with Crippen LogP contribution in [0.25, 0.3) is 0 Å². The summed E-state index contributed by atoms with van der Waals surface area (Å²) in [5.74, 6) is 1.06. The average molecular weight is 153 g/mol. The zero-order valence-electron chi connectivity index (χ0n) is 7.13. The topological polar surface area (TPSA) is 25.2 Å². The Bertz CT molecular complexity index is 177. The molecule has 2 nitrogen and oxygen atoms in total. The van der Waals surface area contributed by atoms with Gasteiger partial charge in [0, 0.05) is 12.5 Å². The number of hydrogen-bond donors (Lipinski definition) is 1. The third kappa shape index (κ3) is 2.39. The minimum atomic E-state index is 0.543. The molecule has 1 heterocycles. The Labute approximate surface area is 67.6 Å². The molecule has 1 N–H and O–H groups in total. The first kappa shape index (κ1) is 8.34. The van der Waals surface area contributed by atoms with Gasteiger partial charge in [-0.05, 0) is 25.6 Å². The summed E-state index contributed by atoms with van der Waals surface area (Å²) in [6.07, 6.45) is 3.84. The third-order valence-corrected chi connectivity index (χ3v) is 1.93. The number of likely N-dealkylation sites (N-methyl/N-ethyl adjacent to an activating group) is 1. The molecule has 2 heteroatoms. The molecule has 1 atom stereocenters. The lowest BCUT2D eigenvalue weighted by atomic mass is 10.1. The maximum absolute atomic E-state index is 5.23. The monoisotopic (exact) mass is 153 g/mol. The summed E-state index contributed by atoms with van der Waals surface area (Å²) in [5, 5.41) is 3.23. The van der Waals surface area contributed by atoms with Gasteiger partial charge in [0.2, 0.25) is 0 Å². The van der Waals surface area contributed by atoms with E-state index in [0.29, 0.717) is 6.04 Å². The summed E-state index contributed by atoms with van der Waals surface area (Å²) < 4.78 is 5.23. The molecule has 1 aromatic rings. The number of rotatable bonds is 4. The highest BCUT2D eigenvalue weighted by molar-refractivity contribution is 5.00. The van der Waals surface area contributed by atoms with E-state index in [1.165, 1.54) is 0 Å². The highest BCUT2D eigenvalue weighted by atomic mass is 16.3. The largest absolute Gasteiger partial charge is 0.469 e. The van der Waals surface area contributed by atoms with Crippen LogP contribution in [0, 0.1) is 0 Å². The van der Waals surface area contributed by atoms with Crippen LogP contribution in [0.3, 0.4) is 0 Å². The van der Waals surface area contributed by atoms with Gasteiger partial charge in [-0.1, -0.05) is 6.92 Å². The molecule has 0 fully saturated rings. The van der Waals surface area contributed by atoms with Gasteiger partial charge in [0.1, 0.15) is 5.76 Å². The van der Waals surface area contributed by atoms with E-state index in [1.54, 1.807) is 6.26 Å². The van der Waals surface area contributed by atoms with E-state index in [0.717, 1.165) is 18.6 Å². The van der Waals surface area contributed by atoms with Gasteiger partial charge >= 0.3 is 0 Å². The van der Waals surface area contributed by atoms with Crippen molar-refractivity contribution in [2.24, 2.45) is 0 Å². The summed E-state index contributed by atoms with van der Waals surface area (Å²) in [6.45, 7) is 2.17. The molecule has 0 amide bonds. The molecule has 0 aliphatic heterocycles. The van der Waals surface area contributed by atoms with Gasteiger partial charge in [-0.25, -0.2) is 0 Å². The molecule has 0 aliphatic rings. The molecular weight excluding hydrogens is 138 g/mol. The molecule has 0 bridgehead atoms. The molecule has 0 aliphatic carbocycles. The van der Waals surface area contributed by atoms with Crippen LogP contribution in [0.5, 0.6) is 0 Å². The van der Waals surface area contributed by atoms with Gasteiger partial charge < -0.3 is 9.73 Å². The number of hydrogen-bond acceptors (Lipinski definition) is 2. The van der Waals surface area contributed by atoms with Gasteiger partial charge in [0.05, 0.1) is 6.26 Å². The Morgan fingerprint density at radius 3 is 2.91 bits per heavy atom. The summed E-state index contributed by atoms with van der Waals surface area (Å²) in [7, 11) is 1.98. The van der Waals surface area contributed by atoms with Crippen molar-refractivity contribution in [3.8, 4) is 0 Å². The first-order chi connectivity index (χ1) is 5.36. The second-order valence-corrected chi connectivity index (χ2v) is 2.68. The smallest absolute Gasteiger partial charge is 0.105 e. The predicted octanol–water partition coefficient (Wildman–Crippen LogP) is 1.82. The highest BCUT2D eigenvalue weighted by Gasteiger charge is 2.05. The SMILES string of the molecule is CCC(Cc1ccco1)NC. The van der Waals surface area contributed by atoms with Gasteiger partial charge in [-0.2, -0.15) is 0 Å². The van der Waals surface area contributed by atoms with Crippen molar-refractivity contribution in [3.05, 3.63) is 24.2 Å². The molecule has 1 rings (SSSR count). The van der Waals surface area contributed by atoms with Crippen molar-refractivity contribution in [3.63, 3.8) is 0 Å². The summed E-state index contributed by atoms with van der Waals surface area (Å²) in [5.41, 5.74) is 0. The molecule has 62 valence electrons. The minimum absolute atomic E-state index is 0.543. The van der Waals surface area contributed by atoms with E-state index in [2.05, 4.69) is 12.2 Å². The van der Waals surface area contributed by atoms with Crippen LogP contribution in [0.1, 0.15) is 19.1 Å². The maximum atomic E-state index is 5.23. The molecule has 0 saturated heterocycles. The van der Waals surface area contributed by atoms with Gasteiger partial charge in [0.15, 0.2) is 0 Å². The Balaban J connectivity index is 2.41. The maximum Gasteiger partial charge on any atom is 0.105 e. The van der Waals surface area contributed by atoms with E-state index in [4.69, 9.17) is 4.42 Å². The Kier molecular flexibility index (Phi) is 3.17. The molecule has 0 spiro atoms. The highest BCUT2D eigenvalue weighted by Crippen LogP contribution is 2.05. The second-order valence-electron chi connectivity index (χ2n) is 2.68. The number of furan rings is 1. The van der Waals surface area contributed by atoms with E-state index in [-0.39, 0.29) is 0 Å². The molecule has 0 radical (unpaired) electrons. The van der Waals surface area contributed by atoms with Crippen LogP contribution in [-0.4, -0.2) is 13.1 Å². The molecular formula is C9H15NO. The lowest BCUT2D eigenvalue weighted by Gasteiger charge is -2.10. The van der Waals surface area contributed by atoms with Crippen molar-refractivity contribution < 1.29 is 4.42 Å². The Morgan fingerprint density at radius 1 is 1.64 bits per heavy atom. The zero-order valence-corrected chi connectivity index (χ0v) is 7.13. The molecule has 1 aromatic heterocycles. The Hall–Kier alpha value is -0.760. The molecule has 11 heavy (non-hydrogen) atoms. The van der Waals surface area contributed by atoms with Gasteiger partial charge in [-0.3, -0.25) is 0 Å². The Morgan fingerprint density at radius 2 is 2.45 bits per heavy atom. The lowest BCUT2D eigenvalue weighted by molar-refractivity contribution is 0.452. The van der Waals surface area contributed by atoms with Crippen LogP contribution in [0.4, 0.5) is 0 Å². The van der Waals surface area contributed by atoms with Crippen LogP contribution in [-0.2, 0) is 6.42 Å².